The van der Waals surface area contributed by atoms with Gasteiger partial charge >= 0.3 is 0 Å². The molecule has 0 aromatic carbocycles. The van der Waals surface area contributed by atoms with Crippen LogP contribution in [0, 0.1) is 5.41 Å². The summed E-state index contributed by atoms with van der Waals surface area (Å²) in [5.41, 5.74) is 0.0636. The molecule has 1 amide bonds. The van der Waals surface area contributed by atoms with Crippen molar-refractivity contribution in [3.63, 3.8) is 0 Å². The standard InChI is InChI=1S/C13H24N2O3/c1-3-8-18-9-12(16)15-10-13(11-17-2)4-6-14-7-5-13/h3,14H,1,4-11H2,2H3,(H,15,16). The molecule has 0 bridgehead atoms. The summed E-state index contributed by atoms with van der Waals surface area (Å²) in [6.07, 6.45) is 3.68. The quantitative estimate of drug-likeness (QED) is 0.485. The van der Waals surface area contributed by atoms with Crippen molar-refractivity contribution in [2.24, 2.45) is 5.41 Å². The van der Waals surface area contributed by atoms with Crippen molar-refractivity contribution in [2.45, 2.75) is 12.8 Å². The Balaban J connectivity index is 2.32. The van der Waals surface area contributed by atoms with E-state index in [1.54, 1.807) is 13.2 Å². The highest BCUT2D eigenvalue weighted by Crippen LogP contribution is 2.28. The lowest BCUT2D eigenvalue weighted by Crippen LogP contribution is -2.47. The second-order valence-corrected chi connectivity index (χ2v) is 4.76. The fourth-order valence-corrected chi connectivity index (χ4v) is 2.21. The van der Waals surface area contributed by atoms with E-state index in [0.29, 0.717) is 19.8 Å². The van der Waals surface area contributed by atoms with Gasteiger partial charge in [-0.05, 0) is 25.9 Å². The summed E-state index contributed by atoms with van der Waals surface area (Å²) in [5, 5.41) is 6.25. The molecule has 104 valence electrons. The van der Waals surface area contributed by atoms with Gasteiger partial charge in [-0.3, -0.25) is 4.79 Å². The van der Waals surface area contributed by atoms with Gasteiger partial charge in [-0.25, -0.2) is 0 Å². The van der Waals surface area contributed by atoms with E-state index >= 15 is 0 Å². The van der Waals surface area contributed by atoms with Crippen molar-refractivity contribution in [3.8, 4) is 0 Å². The third kappa shape index (κ3) is 5.16. The molecule has 0 aliphatic carbocycles. The molecule has 1 saturated heterocycles. The number of hydrogen-bond donors (Lipinski definition) is 2. The van der Waals surface area contributed by atoms with Crippen LogP contribution < -0.4 is 10.6 Å². The largest absolute Gasteiger partial charge is 0.384 e. The first-order chi connectivity index (χ1) is 8.72. The first-order valence-corrected chi connectivity index (χ1v) is 6.37. The highest BCUT2D eigenvalue weighted by molar-refractivity contribution is 5.77. The minimum absolute atomic E-state index is 0.0636. The van der Waals surface area contributed by atoms with Crippen molar-refractivity contribution in [2.75, 3.05) is 46.6 Å². The Hall–Kier alpha value is -0.910. The lowest BCUT2D eigenvalue weighted by molar-refractivity contribution is -0.126. The van der Waals surface area contributed by atoms with E-state index in [2.05, 4.69) is 17.2 Å². The van der Waals surface area contributed by atoms with Crippen molar-refractivity contribution in [3.05, 3.63) is 12.7 Å². The topological polar surface area (TPSA) is 59.6 Å². The first kappa shape index (κ1) is 15.1. The molecule has 0 radical (unpaired) electrons. The molecule has 0 unspecified atom stereocenters. The molecular weight excluding hydrogens is 232 g/mol. The van der Waals surface area contributed by atoms with Gasteiger partial charge in [0.25, 0.3) is 0 Å². The van der Waals surface area contributed by atoms with Crippen molar-refractivity contribution >= 4 is 5.91 Å². The lowest BCUT2D eigenvalue weighted by atomic mass is 9.79. The van der Waals surface area contributed by atoms with Crippen LogP contribution in [-0.2, 0) is 14.3 Å². The van der Waals surface area contributed by atoms with E-state index in [0.717, 1.165) is 25.9 Å². The molecule has 1 fully saturated rings. The Bertz CT molecular complexity index is 257. The summed E-state index contributed by atoms with van der Waals surface area (Å²) < 4.78 is 10.4. The van der Waals surface area contributed by atoms with Crippen molar-refractivity contribution in [1.29, 1.82) is 0 Å². The molecular formula is C13H24N2O3. The second kappa shape index (κ2) is 8.24. The van der Waals surface area contributed by atoms with E-state index < -0.39 is 0 Å². The van der Waals surface area contributed by atoms with E-state index in [1.165, 1.54) is 0 Å². The number of carbonyl (C=O) groups excluding carboxylic acids is 1. The number of ether oxygens (including phenoxy) is 2. The zero-order valence-corrected chi connectivity index (χ0v) is 11.2. The fraction of sp³-hybridized carbons (Fsp3) is 0.769. The highest BCUT2D eigenvalue weighted by Gasteiger charge is 2.32. The van der Waals surface area contributed by atoms with Crippen LogP contribution >= 0.6 is 0 Å². The van der Waals surface area contributed by atoms with Crippen molar-refractivity contribution < 1.29 is 14.3 Å². The van der Waals surface area contributed by atoms with Gasteiger partial charge in [-0.15, -0.1) is 6.58 Å². The fourth-order valence-electron chi connectivity index (χ4n) is 2.21. The van der Waals surface area contributed by atoms with Crippen LogP contribution in [0.2, 0.25) is 0 Å². The predicted octanol–water partition coefficient (Wildman–Crippen LogP) is 0.321. The Morgan fingerprint density at radius 1 is 1.50 bits per heavy atom. The third-order valence-corrected chi connectivity index (χ3v) is 3.24. The van der Waals surface area contributed by atoms with E-state index in [1.807, 2.05) is 0 Å². The van der Waals surface area contributed by atoms with Crippen LogP contribution in [0.5, 0.6) is 0 Å². The summed E-state index contributed by atoms with van der Waals surface area (Å²) in [6, 6.07) is 0. The van der Waals surface area contributed by atoms with E-state index in [4.69, 9.17) is 9.47 Å². The number of hydrogen-bond acceptors (Lipinski definition) is 4. The molecule has 1 heterocycles. The predicted molar refractivity (Wildman–Crippen MR) is 70.4 cm³/mol. The number of rotatable bonds is 8. The summed E-state index contributed by atoms with van der Waals surface area (Å²) >= 11 is 0. The minimum Gasteiger partial charge on any atom is -0.384 e. The van der Waals surface area contributed by atoms with Gasteiger partial charge < -0.3 is 20.1 Å². The maximum Gasteiger partial charge on any atom is 0.246 e. The molecule has 0 spiro atoms. The number of piperidine rings is 1. The van der Waals surface area contributed by atoms with E-state index in [9.17, 15) is 4.79 Å². The molecule has 2 N–H and O–H groups in total. The van der Waals surface area contributed by atoms with Crippen LogP contribution in [-0.4, -0.2) is 52.5 Å². The number of carbonyl (C=O) groups is 1. The maximum absolute atomic E-state index is 11.6. The first-order valence-electron chi connectivity index (χ1n) is 6.37. The number of amides is 1. The Morgan fingerprint density at radius 3 is 2.83 bits per heavy atom. The number of methoxy groups -OCH3 is 1. The van der Waals surface area contributed by atoms with Gasteiger partial charge in [-0.2, -0.15) is 0 Å². The van der Waals surface area contributed by atoms with Crippen LogP contribution in [0.15, 0.2) is 12.7 Å². The van der Waals surface area contributed by atoms with Crippen molar-refractivity contribution in [1.82, 2.24) is 10.6 Å². The van der Waals surface area contributed by atoms with Crippen LogP contribution in [0.1, 0.15) is 12.8 Å². The van der Waals surface area contributed by atoms with E-state index in [-0.39, 0.29) is 17.9 Å². The zero-order valence-electron chi connectivity index (χ0n) is 11.2. The second-order valence-electron chi connectivity index (χ2n) is 4.76. The van der Waals surface area contributed by atoms with Gasteiger partial charge in [0.1, 0.15) is 6.61 Å². The Morgan fingerprint density at radius 2 is 2.22 bits per heavy atom. The molecule has 0 saturated carbocycles. The smallest absolute Gasteiger partial charge is 0.246 e. The summed E-state index contributed by atoms with van der Waals surface area (Å²) in [5.74, 6) is -0.0779. The summed E-state index contributed by atoms with van der Waals surface area (Å²) in [4.78, 5) is 11.6. The molecule has 5 heteroatoms. The SMILES string of the molecule is C=CCOCC(=O)NCC1(COC)CCNCC1. The maximum atomic E-state index is 11.6. The van der Waals surface area contributed by atoms with Crippen LogP contribution in [0.4, 0.5) is 0 Å². The molecule has 1 aliphatic rings. The molecule has 0 aromatic rings. The Kier molecular flexibility index (Phi) is 6.93. The third-order valence-electron chi connectivity index (χ3n) is 3.24. The van der Waals surface area contributed by atoms with Crippen LogP contribution in [0.25, 0.3) is 0 Å². The molecule has 0 aromatic heterocycles. The summed E-state index contributed by atoms with van der Waals surface area (Å²) in [6.45, 7) is 7.32. The molecule has 0 atom stereocenters. The lowest BCUT2D eigenvalue weighted by Gasteiger charge is -2.37. The molecule has 1 aliphatic heterocycles. The normalized spacial score (nSPS) is 18.3. The van der Waals surface area contributed by atoms with Gasteiger partial charge in [0, 0.05) is 19.1 Å². The Labute approximate surface area is 109 Å². The minimum atomic E-state index is -0.0779. The average molecular weight is 256 g/mol. The van der Waals surface area contributed by atoms with Gasteiger partial charge in [0.2, 0.25) is 5.91 Å². The summed E-state index contributed by atoms with van der Waals surface area (Å²) in [7, 11) is 1.71. The van der Waals surface area contributed by atoms with Gasteiger partial charge in [0.15, 0.2) is 0 Å². The van der Waals surface area contributed by atoms with Gasteiger partial charge in [0.05, 0.1) is 13.2 Å². The highest BCUT2D eigenvalue weighted by atomic mass is 16.5. The molecule has 18 heavy (non-hydrogen) atoms. The number of nitrogens with one attached hydrogen (secondary N) is 2. The monoisotopic (exact) mass is 256 g/mol. The zero-order chi connectivity index (χ0) is 13.3. The van der Waals surface area contributed by atoms with Gasteiger partial charge in [-0.1, -0.05) is 6.08 Å². The molecule has 5 nitrogen and oxygen atoms in total. The average Bonchev–Trinajstić information content (AvgIpc) is 2.38. The molecule has 1 rings (SSSR count). The van der Waals surface area contributed by atoms with Crippen LogP contribution in [0.3, 0.4) is 0 Å².